The Kier molecular flexibility index (Phi) is 3.14. The summed E-state index contributed by atoms with van der Waals surface area (Å²) in [5, 5.41) is 9.17. The molecule has 3 rings (SSSR count). The third kappa shape index (κ3) is 2.30. The van der Waals surface area contributed by atoms with Gasteiger partial charge < -0.3 is 9.67 Å². The highest BCUT2D eigenvalue weighted by molar-refractivity contribution is 9.10. The lowest BCUT2D eigenvalue weighted by Crippen LogP contribution is -2.26. The standard InChI is InChI=1S/C14H13BrN2O2/c15-11-3-1-2-9(6-11)13-16-7-12-5-4-10(14(18)19)8-17(12)13/h1-3,6-7,10H,4-5,8H2,(H,18,19). The predicted molar refractivity (Wildman–Crippen MR) is 74.8 cm³/mol. The number of imidazole rings is 1. The van der Waals surface area contributed by atoms with E-state index >= 15 is 0 Å². The fourth-order valence-corrected chi connectivity index (χ4v) is 2.91. The minimum atomic E-state index is -0.723. The number of fused-ring (bicyclic) bond motifs is 1. The number of benzene rings is 1. The van der Waals surface area contributed by atoms with Gasteiger partial charge in [0.15, 0.2) is 0 Å². The zero-order valence-corrected chi connectivity index (χ0v) is 11.8. The molecule has 5 heteroatoms. The summed E-state index contributed by atoms with van der Waals surface area (Å²) in [6, 6.07) is 7.91. The van der Waals surface area contributed by atoms with Gasteiger partial charge in [-0.25, -0.2) is 4.98 Å². The monoisotopic (exact) mass is 320 g/mol. The summed E-state index contributed by atoms with van der Waals surface area (Å²) in [6.07, 6.45) is 3.32. The van der Waals surface area contributed by atoms with E-state index in [1.807, 2.05) is 35.0 Å². The van der Waals surface area contributed by atoms with Gasteiger partial charge in [0.1, 0.15) is 5.82 Å². The number of carboxylic acid groups (broad SMARTS) is 1. The minimum absolute atomic E-state index is 0.312. The minimum Gasteiger partial charge on any atom is -0.481 e. The average Bonchev–Trinajstić information content (AvgIpc) is 2.81. The van der Waals surface area contributed by atoms with Crippen LogP contribution in [0.25, 0.3) is 11.4 Å². The Labute approximate surface area is 119 Å². The molecule has 4 nitrogen and oxygen atoms in total. The van der Waals surface area contributed by atoms with Crippen LogP contribution in [-0.2, 0) is 17.8 Å². The highest BCUT2D eigenvalue weighted by Gasteiger charge is 2.26. The summed E-state index contributed by atoms with van der Waals surface area (Å²) in [4.78, 5) is 15.6. The quantitative estimate of drug-likeness (QED) is 0.925. The number of hydrogen-bond donors (Lipinski definition) is 1. The number of aliphatic carboxylic acids is 1. The van der Waals surface area contributed by atoms with Gasteiger partial charge in [0.25, 0.3) is 0 Å². The molecule has 19 heavy (non-hydrogen) atoms. The molecule has 0 saturated carbocycles. The van der Waals surface area contributed by atoms with Crippen LogP contribution in [0.1, 0.15) is 12.1 Å². The van der Waals surface area contributed by atoms with Crippen molar-refractivity contribution in [2.24, 2.45) is 5.92 Å². The van der Waals surface area contributed by atoms with E-state index in [0.29, 0.717) is 13.0 Å². The lowest BCUT2D eigenvalue weighted by molar-refractivity contribution is -0.142. The van der Waals surface area contributed by atoms with Gasteiger partial charge in [0.2, 0.25) is 0 Å². The summed E-state index contributed by atoms with van der Waals surface area (Å²) in [7, 11) is 0. The van der Waals surface area contributed by atoms with Gasteiger partial charge in [-0.05, 0) is 25.0 Å². The van der Waals surface area contributed by atoms with Gasteiger partial charge in [-0.3, -0.25) is 4.79 Å². The maximum Gasteiger partial charge on any atom is 0.308 e. The van der Waals surface area contributed by atoms with Crippen molar-refractivity contribution in [2.45, 2.75) is 19.4 Å². The second kappa shape index (κ2) is 4.81. The van der Waals surface area contributed by atoms with Gasteiger partial charge in [0.05, 0.1) is 5.92 Å². The summed E-state index contributed by atoms with van der Waals surface area (Å²) in [6.45, 7) is 0.506. The predicted octanol–water partition coefficient (Wildman–Crippen LogP) is 2.96. The SMILES string of the molecule is O=C(O)C1CCc2cnc(-c3cccc(Br)c3)n2C1. The molecule has 0 bridgehead atoms. The van der Waals surface area contributed by atoms with Gasteiger partial charge in [-0.1, -0.05) is 28.1 Å². The molecule has 98 valence electrons. The van der Waals surface area contributed by atoms with E-state index < -0.39 is 5.97 Å². The number of halogens is 1. The van der Waals surface area contributed by atoms with E-state index in [1.54, 1.807) is 0 Å². The smallest absolute Gasteiger partial charge is 0.308 e. The van der Waals surface area contributed by atoms with E-state index in [4.69, 9.17) is 5.11 Å². The third-order valence-corrected chi connectivity index (χ3v) is 4.02. The summed E-state index contributed by atoms with van der Waals surface area (Å²) < 4.78 is 3.03. The normalized spacial score (nSPS) is 18.1. The number of aryl methyl sites for hydroxylation is 1. The largest absolute Gasteiger partial charge is 0.481 e. The maximum absolute atomic E-state index is 11.1. The molecule has 1 aromatic heterocycles. The van der Waals surface area contributed by atoms with Gasteiger partial charge in [-0.15, -0.1) is 0 Å². The molecule has 1 aromatic carbocycles. The van der Waals surface area contributed by atoms with Gasteiger partial charge in [0, 0.05) is 28.5 Å². The lowest BCUT2D eigenvalue weighted by Gasteiger charge is -2.22. The van der Waals surface area contributed by atoms with Crippen LogP contribution in [0.3, 0.4) is 0 Å². The van der Waals surface area contributed by atoms with Crippen LogP contribution in [0.5, 0.6) is 0 Å². The Morgan fingerprint density at radius 3 is 3.05 bits per heavy atom. The molecule has 1 N–H and O–H groups in total. The molecule has 1 unspecified atom stereocenters. The zero-order chi connectivity index (χ0) is 13.4. The topological polar surface area (TPSA) is 55.1 Å². The fraction of sp³-hybridized carbons (Fsp3) is 0.286. The molecule has 1 aliphatic heterocycles. The number of nitrogens with zero attached hydrogens (tertiary/aromatic N) is 2. The number of hydrogen-bond acceptors (Lipinski definition) is 2. The number of rotatable bonds is 2. The number of carboxylic acids is 1. The lowest BCUT2D eigenvalue weighted by atomic mass is 9.98. The third-order valence-electron chi connectivity index (χ3n) is 3.52. The van der Waals surface area contributed by atoms with Crippen molar-refractivity contribution < 1.29 is 9.90 Å². The van der Waals surface area contributed by atoms with Crippen molar-refractivity contribution in [1.29, 1.82) is 0 Å². The molecule has 1 aliphatic rings. The Bertz CT molecular complexity index is 636. The first-order chi connectivity index (χ1) is 9.15. The summed E-state index contributed by atoms with van der Waals surface area (Å²) in [5.74, 6) is -0.186. The van der Waals surface area contributed by atoms with Crippen molar-refractivity contribution in [3.8, 4) is 11.4 Å². The number of carbonyl (C=O) groups is 1. The van der Waals surface area contributed by atoms with E-state index in [0.717, 1.165) is 28.0 Å². The average molecular weight is 321 g/mol. The van der Waals surface area contributed by atoms with E-state index in [2.05, 4.69) is 20.9 Å². The summed E-state index contributed by atoms with van der Waals surface area (Å²) >= 11 is 3.45. The molecule has 0 aliphatic carbocycles. The van der Waals surface area contributed by atoms with Crippen LogP contribution in [0.2, 0.25) is 0 Å². The Morgan fingerprint density at radius 2 is 2.32 bits per heavy atom. The molecule has 0 saturated heterocycles. The molecule has 0 fully saturated rings. The molecule has 0 amide bonds. The van der Waals surface area contributed by atoms with Crippen molar-refractivity contribution in [3.05, 3.63) is 40.6 Å². The Hall–Kier alpha value is -1.62. The van der Waals surface area contributed by atoms with Crippen LogP contribution in [-0.4, -0.2) is 20.6 Å². The van der Waals surface area contributed by atoms with E-state index in [9.17, 15) is 4.79 Å². The van der Waals surface area contributed by atoms with Crippen molar-refractivity contribution in [2.75, 3.05) is 0 Å². The molecule has 0 spiro atoms. The second-order valence-electron chi connectivity index (χ2n) is 4.77. The molecule has 0 radical (unpaired) electrons. The first-order valence-electron chi connectivity index (χ1n) is 6.18. The Morgan fingerprint density at radius 1 is 1.47 bits per heavy atom. The molecular weight excluding hydrogens is 308 g/mol. The highest BCUT2D eigenvalue weighted by Crippen LogP contribution is 2.28. The first kappa shape index (κ1) is 12.4. The molecule has 2 heterocycles. The molecule has 1 atom stereocenters. The number of aromatic nitrogens is 2. The maximum atomic E-state index is 11.1. The van der Waals surface area contributed by atoms with Gasteiger partial charge in [-0.2, -0.15) is 0 Å². The van der Waals surface area contributed by atoms with Crippen molar-refractivity contribution in [1.82, 2.24) is 9.55 Å². The highest BCUT2D eigenvalue weighted by atomic mass is 79.9. The summed E-state index contributed by atoms with van der Waals surface area (Å²) in [5.41, 5.74) is 2.12. The fourth-order valence-electron chi connectivity index (χ4n) is 2.51. The van der Waals surface area contributed by atoms with Gasteiger partial charge >= 0.3 is 5.97 Å². The molecular formula is C14H13BrN2O2. The van der Waals surface area contributed by atoms with Crippen LogP contribution in [0.4, 0.5) is 0 Å². The Balaban J connectivity index is 2.01. The van der Waals surface area contributed by atoms with E-state index in [-0.39, 0.29) is 5.92 Å². The van der Waals surface area contributed by atoms with Crippen LogP contribution in [0, 0.1) is 5.92 Å². The molecule has 2 aromatic rings. The zero-order valence-electron chi connectivity index (χ0n) is 10.2. The van der Waals surface area contributed by atoms with Crippen molar-refractivity contribution in [3.63, 3.8) is 0 Å². The van der Waals surface area contributed by atoms with Crippen LogP contribution in [0.15, 0.2) is 34.9 Å². The van der Waals surface area contributed by atoms with Crippen molar-refractivity contribution >= 4 is 21.9 Å². The van der Waals surface area contributed by atoms with E-state index in [1.165, 1.54) is 0 Å². The van der Waals surface area contributed by atoms with Crippen LogP contribution < -0.4 is 0 Å². The van der Waals surface area contributed by atoms with Crippen LogP contribution >= 0.6 is 15.9 Å². The first-order valence-corrected chi connectivity index (χ1v) is 6.97. The second-order valence-corrected chi connectivity index (χ2v) is 5.68.